The van der Waals surface area contributed by atoms with Crippen LogP contribution in [0.3, 0.4) is 0 Å². The van der Waals surface area contributed by atoms with E-state index in [0.29, 0.717) is 0 Å². The van der Waals surface area contributed by atoms with E-state index in [4.69, 9.17) is 8.83 Å². The summed E-state index contributed by atoms with van der Waals surface area (Å²) in [6.07, 6.45) is 0. The van der Waals surface area contributed by atoms with E-state index in [2.05, 4.69) is 326 Å². The maximum absolute atomic E-state index is 7.05. The second-order valence-electron chi connectivity index (χ2n) is 23.4. The van der Waals surface area contributed by atoms with Gasteiger partial charge in [-0.25, -0.2) is 0 Å². The molecule has 0 aliphatic carbocycles. The number of aromatic nitrogens is 1. The summed E-state index contributed by atoms with van der Waals surface area (Å²) in [4.78, 5) is 0. The molecule has 0 amide bonds. The SMILES string of the molecule is c1ccc(-c2ccc3oc4c(-c5ccc6c(c5)c5cc(-c7cc(-c8ccccc8)cc8c7oc7ccc(-c9ccccc9)cc78)ccc5n6-c5cccc(-c6c7ccccc7c(-c7ccccc7)c7ccccc67)c5)cc(-c5ccccc5)cc4c3c2)cc1. The first-order valence-corrected chi connectivity index (χ1v) is 30.5. The van der Waals surface area contributed by atoms with E-state index in [-0.39, 0.29) is 0 Å². The second-order valence-corrected chi connectivity index (χ2v) is 23.4. The molecule has 0 aliphatic heterocycles. The first-order chi connectivity index (χ1) is 44.1. The van der Waals surface area contributed by atoms with Crippen LogP contribution in [0.4, 0.5) is 0 Å². The molecule has 3 aromatic heterocycles. The summed E-state index contributed by atoms with van der Waals surface area (Å²) in [6, 6.07) is 117. The summed E-state index contributed by atoms with van der Waals surface area (Å²) >= 11 is 0. The second kappa shape index (κ2) is 20.4. The summed E-state index contributed by atoms with van der Waals surface area (Å²) < 4.78 is 16.6. The Kier molecular flexibility index (Phi) is 11.6. The van der Waals surface area contributed by atoms with Crippen LogP contribution in [0.5, 0.6) is 0 Å². The average molecular weight is 1130 g/mol. The molecule has 0 unspecified atom stereocenters. The zero-order valence-electron chi connectivity index (χ0n) is 48.4. The average Bonchev–Trinajstić information content (AvgIpc) is 1.87. The van der Waals surface area contributed by atoms with Crippen LogP contribution in [0, 0.1) is 0 Å². The van der Waals surface area contributed by atoms with Crippen LogP contribution in [0.15, 0.2) is 330 Å². The number of nitrogens with zero attached hydrogens (tertiary/aromatic N) is 1. The molecule has 0 bridgehead atoms. The molecule has 3 nitrogen and oxygen atoms in total. The predicted octanol–water partition coefficient (Wildman–Crippen LogP) is 24.2. The van der Waals surface area contributed by atoms with E-state index in [9.17, 15) is 0 Å². The van der Waals surface area contributed by atoms with Gasteiger partial charge in [0, 0.05) is 49.1 Å². The van der Waals surface area contributed by atoms with Gasteiger partial charge in [-0.15, -0.1) is 0 Å². The highest BCUT2D eigenvalue weighted by Gasteiger charge is 2.23. The fraction of sp³-hybridized carbons (Fsp3) is 0. The van der Waals surface area contributed by atoms with Gasteiger partial charge in [0.15, 0.2) is 0 Å². The van der Waals surface area contributed by atoms with Crippen LogP contribution in [-0.2, 0) is 0 Å². The molecule has 18 aromatic rings. The Hall–Kier alpha value is -11.8. The molecule has 0 saturated heterocycles. The molecule has 414 valence electrons. The summed E-state index contributed by atoms with van der Waals surface area (Å²) in [7, 11) is 0. The molecule has 15 aromatic carbocycles. The van der Waals surface area contributed by atoms with Crippen molar-refractivity contribution in [3.63, 3.8) is 0 Å². The van der Waals surface area contributed by atoms with E-state index in [1.54, 1.807) is 0 Å². The topological polar surface area (TPSA) is 31.2 Å². The number of benzene rings is 15. The van der Waals surface area contributed by atoms with Crippen molar-refractivity contribution in [2.75, 3.05) is 0 Å². The standard InChI is InChI=1S/C86H53NO2/c1-6-21-54(22-7-1)59-39-43-81-75(46-59)77-52-64(56-25-10-3-11-26-56)50-71(85(77)88-81)61-37-41-79-73(48-61)74-49-62(72-51-65(57-27-12-4-13-28-57)53-78-76-47-60(55-23-8-2-9-24-55)40-44-82(76)89-86(72)78)38-42-80(74)87(79)66-32-20-31-63(45-66)84-69-35-18-16-33-67(69)83(58-29-14-5-15-30-58)68-34-17-19-36-70(68)84/h1-53H. The van der Waals surface area contributed by atoms with E-state index in [0.717, 1.165) is 133 Å². The van der Waals surface area contributed by atoms with Crippen molar-refractivity contribution >= 4 is 87.2 Å². The minimum atomic E-state index is 0.856. The van der Waals surface area contributed by atoms with Crippen molar-refractivity contribution in [2.24, 2.45) is 0 Å². The van der Waals surface area contributed by atoms with Crippen LogP contribution in [0.2, 0.25) is 0 Å². The highest BCUT2D eigenvalue weighted by Crippen LogP contribution is 2.48. The van der Waals surface area contributed by atoms with Gasteiger partial charge in [0.25, 0.3) is 0 Å². The monoisotopic (exact) mass is 1130 g/mol. The minimum Gasteiger partial charge on any atom is -0.455 e. The molecule has 3 heterocycles. The molecule has 0 N–H and O–H groups in total. The third kappa shape index (κ3) is 8.35. The third-order valence-corrected chi connectivity index (χ3v) is 18.3. The predicted molar refractivity (Wildman–Crippen MR) is 374 cm³/mol. The normalized spacial score (nSPS) is 11.8. The molecule has 0 aliphatic rings. The fourth-order valence-corrected chi connectivity index (χ4v) is 14.2. The largest absolute Gasteiger partial charge is 0.455 e. The molecule has 0 spiro atoms. The van der Waals surface area contributed by atoms with Gasteiger partial charge in [0.1, 0.15) is 22.3 Å². The quantitative estimate of drug-likeness (QED) is 0.135. The minimum absolute atomic E-state index is 0.856. The molecular weight excluding hydrogens is 1080 g/mol. The molecule has 0 atom stereocenters. The van der Waals surface area contributed by atoms with Crippen molar-refractivity contribution in [1.82, 2.24) is 4.57 Å². The molecule has 0 fully saturated rings. The molecule has 89 heavy (non-hydrogen) atoms. The van der Waals surface area contributed by atoms with Crippen LogP contribution >= 0.6 is 0 Å². The Balaban J connectivity index is 0.890. The smallest absolute Gasteiger partial charge is 0.143 e. The molecule has 3 heteroatoms. The lowest BCUT2D eigenvalue weighted by Crippen LogP contribution is -1.96. The fourth-order valence-electron chi connectivity index (χ4n) is 14.2. The molecular formula is C86H53NO2. The van der Waals surface area contributed by atoms with Crippen LogP contribution in [0.25, 0.3) is 182 Å². The summed E-state index contributed by atoms with van der Waals surface area (Å²) in [6.45, 7) is 0. The van der Waals surface area contributed by atoms with Gasteiger partial charge in [-0.05, 0) is 184 Å². The van der Waals surface area contributed by atoms with Gasteiger partial charge < -0.3 is 13.4 Å². The number of hydrogen-bond acceptors (Lipinski definition) is 2. The molecule has 0 saturated carbocycles. The Labute approximate surface area is 513 Å². The Morgan fingerprint density at radius 1 is 0.191 bits per heavy atom. The first kappa shape index (κ1) is 50.5. The number of fused-ring (bicyclic) bond motifs is 11. The first-order valence-electron chi connectivity index (χ1n) is 30.5. The Bertz CT molecular complexity index is 5500. The summed E-state index contributed by atoms with van der Waals surface area (Å²) in [5.41, 5.74) is 24.9. The lowest BCUT2D eigenvalue weighted by atomic mass is 9.86. The lowest BCUT2D eigenvalue weighted by molar-refractivity contribution is 0.669. The van der Waals surface area contributed by atoms with Gasteiger partial charge >= 0.3 is 0 Å². The maximum Gasteiger partial charge on any atom is 0.143 e. The Morgan fingerprint density at radius 2 is 0.528 bits per heavy atom. The van der Waals surface area contributed by atoms with Crippen molar-refractivity contribution in [2.45, 2.75) is 0 Å². The van der Waals surface area contributed by atoms with Gasteiger partial charge in [-0.2, -0.15) is 0 Å². The summed E-state index contributed by atoms with van der Waals surface area (Å²) in [5.74, 6) is 0. The maximum atomic E-state index is 7.05. The van der Waals surface area contributed by atoms with Crippen molar-refractivity contribution in [3.05, 3.63) is 322 Å². The van der Waals surface area contributed by atoms with Gasteiger partial charge in [0.2, 0.25) is 0 Å². The van der Waals surface area contributed by atoms with E-state index >= 15 is 0 Å². The van der Waals surface area contributed by atoms with Crippen molar-refractivity contribution in [3.8, 4) is 94.7 Å². The molecule has 0 radical (unpaired) electrons. The van der Waals surface area contributed by atoms with Crippen LogP contribution in [-0.4, -0.2) is 4.57 Å². The number of furan rings is 2. The summed E-state index contributed by atoms with van der Waals surface area (Å²) in [5, 5.41) is 11.5. The third-order valence-electron chi connectivity index (χ3n) is 18.3. The molecule has 18 rings (SSSR count). The van der Waals surface area contributed by atoms with E-state index in [1.165, 1.54) is 49.4 Å². The number of hydrogen-bond donors (Lipinski definition) is 0. The highest BCUT2D eigenvalue weighted by atomic mass is 16.3. The van der Waals surface area contributed by atoms with Crippen LogP contribution < -0.4 is 0 Å². The van der Waals surface area contributed by atoms with Gasteiger partial charge in [-0.1, -0.05) is 237 Å². The number of rotatable bonds is 9. The van der Waals surface area contributed by atoms with Gasteiger partial charge in [0.05, 0.1) is 11.0 Å². The highest BCUT2D eigenvalue weighted by molar-refractivity contribution is 6.22. The lowest BCUT2D eigenvalue weighted by Gasteiger charge is -2.18. The zero-order chi connectivity index (χ0) is 58.5. The van der Waals surface area contributed by atoms with E-state index in [1.807, 2.05) is 0 Å². The van der Waals surface area contributed by atoms with Crippen LogP contribution in [0.1, 0.15) is 0 Å². The van der Waals surface area contributed by atoms with Gasteiger partial charge in [-0.3, -0.25) is 0 Å². The van der Waals surface area contributed by atoms with E-state index < -0.39 is 0 Å². The zero-order valence-corrected chi connectivity index (χ0v) is 48.4. The Morgan fingerprint density at radius 3 is 0.955 bits per heavy atom. The van der Waals surface area contributed by atoms with Crippen molar-refractivity contribution in [1.29, 1.82) is 0 Å². The van der Waals surface area contributed by atoms with Crippen molar-refractivity contribution < 1.29 is 8.83 Å².